The second kappa shape index (κ2) is 11.1. The zero-order valence-electron chi connectivity index (χ0n) is 18.8. The normalized spacial score (nSPS) is 14.1. The molecule has 0 saturated carbocycles. The minimum absolute atomic E-state index is 0. The fourth-order valence-electron chi connectivity index (χ4n) is 4.57. The zero-order valence-corrected chi connectivity index (χ0v) is 20.4. The van der Waals surface area contributed by atoms with Crippen LogP contribution in [0.15, 0.2) is 78.1 Å². The topological polar surface area (TPSA) is 67.2 Å². The maximum atomic E-state index is 11.6. The van der Waals surface area contributed by atoms with Crippen molar-refractivity contribution in [3.05, 3.63) is 95.3 Å². The van der Waals surface area contributed by atoms with Crippen LogP contribution in [-0.4, -0.2) is 33.7 Å². The van der Waals surface area contributed by atoms with Gasteiger partial charge in [0.1, 0.15) is 0 Å². The standard InChI is InChI=1S/C27H27N3O2S.ClH/c31-26(32)24-11-4-2-7-22(24)18-33-27-29-25(20-12-14-28-15-13-20)17-30(27)16-21-9-5-8-19-6-1-3-10-23(19)21;/h1-11,17,20,28H,12-16,18H2,(H,31,32);1H. The number of imidazole rings is 1. The number of rotatable bonds is 7. The van der Waals surface area contributed by atoms with Crippen molar-refractivity contribution in [3.63, 3.8) is 0 Å². The van der Waals surface area contributed by atoms with Crippen LogP contribution in [0.3, 0.4) is 0 Å². The molecule has 5 rings (SSSR count). The second-order valence-corrected chi connectivity index (χ2v) is 9.43. The third-order valence-electron chi connectivity index (χ3n) is 6.34. The van der Waals surface area contributed by atoms with E-state index in [1.165, 1.54) is 16.3 Å². The first-order valence-corrected chi connectivity index (χ1v) is 12.4. The van der Waals surface area contributed by atoms with Crippen molar-refractivity contribution in [2.24, 2.45) is 0 Å². The molecule has 1 aliphatic rings. The number of halogens is 1. The lowest BCUT2D eigenvalue weighted by molar-refractivity contribution is 0.0696. The maximum Gasteiger partial charge on any atom is 0.335 e. The van der Waals surface area contributed by atoms with Crippen LogP contribution in [0.1, 0.15) is 45.9 Å². The summed E-state index contributed by atoms with van der Waals surface area (Å²) in [5, 5.41) is 16.4. The average Bonchev–Trinajstić information content (AvgIpc) is 3.26. The molecular formula is C27H28ClN3O2S. The van der Waals surface area contributed by atoms with Crippen molar-refractivity contribution in [2.45, 2.75) is 36.2 Å². The highest BCUT2D eigenvalue weighted by atomic mass is 35.5. The van der Waals surface area contributed by atoms with Gasteiger partial charge in [-0.2, -0.15) is 0 Å². The first-order valence-electron chi connectivity index (χ1n) is 11.4. The molecule has 0 bridgehead atoms. The molecule has 2 heterocycles. The lowest BCUT2D eigenvalue weighted by atomic mass is 9.95. The largest absolute Gasteiger partial charge is 0.478 e. The number of hydrogen-bond donors (Lipinski definition) is 2. The molecule has 0 spiro atoms. The Bertz CT molecular complexity index is 1280. The Morgan fingerprint density at radius 3 is 2.53 bits per heavy atom. The third kappa shape index (κ3) is 5.30. The van der Waals surface area contributed by atoms with Gasteiger partial charge in [0.15, 0.2) is 5.16 Å². The number of carbonyl (C=O) groups is 1. The molecule has 0 radical (unpaired) electrons. The number of piperidine rings is 1. The summed E-state index contributed by atoms with van der Waals surface area (Å²) in [5.41, 5.74) is 3.58. The van der Waals surface area contributed by atoms with E-state index in [2.05, 4.69) is 58.5 Å². The van der Waals surface area contributed by atoms with Crippen molar-refractivity contribution in [2.75, 3.05) is 13.1 Å². The number of carboxylic acid groups (broad SMARTS) is 1. The Balaban J connectivity index is 0.00000274. The predicted octanol–water partition coefficient (Wildman–Crippen LogP) is 5.96. The summed E-state index contributed by atoms with van der Waals surface area (Å²) in [5.74, 6) is 0.145. The molecule has 0 aliphatic carbocycles. The highest BCUT2D eigenvalue weighted by Gasteiger charge is 2.21. The zero-order chi connectivity index (χ0) is 22.6. The summed E-state index contributed by atoms with van der Waals surface area (Å²) >= 11 is 1.61. The number of nitrogens with zero attached hydrogens (tertiary/aromatic N) is 2. The number of aromatic nitrogens is 2. The summed E-state index contributed by atoms with van der Waals surface area (Å²) in [4.78, 5) is 16.7. The van der Waals surface area contributed by atoms with Gasteiger partial charge in [-0.3, -0.25) is 0 Å². The summed E-state index contributed by atoms with van der Waals surface area (Å²) in [6.07, 6.45) is 4.40. The van der Waals surface area contributed by atoms with Gasteiger partial charge in [-0.1, -0.05) is 72.4 Å². The smallest absolute Gasteiger partial charge is 0.335 e. The summed E-state index contributed by atoms with van der Waals surface area (Å²) in [6, 6.07) is 22.1. The Morgan fingerprint density at radius 2 is 1.71 bits per heavy atom. The van der Waals surface area contributed by atoms with Crippen LogP contribution < -0.4 is 5.32 Å². The van der Waals surface area contributed by atoms with E-state index in [1.54, 1.807) is 23.9 Å². The van der Waals surface area contributed by atoms with Crippen molar-refractivity contribution >= 4 is 40.9 Å². The van der Waals surface area contributed by atoms with Gasteiger partial charge < -0.3 is 15.0 Å². The molecule has 0 unspecified atom stereocenters. The molecule has 34 heavy (non-hydrogen) atoms. The van der Waals surface area contributed by atoms with E-state index >= 15 is 0 Å². The summed E-state index contributed by atoms with van der Waals surface area (Å²) in [6.45, 7) is 2.78. The number of fused-ring (bicyclic) bond motifs is 1. The van der Waals surface area contributed by atoms with Crippen molar-refractivity contribution in [3.8, 4) is 0 Å². The fraction of sp³-hybridized carbons (Fsp3) is 0.259. The Kier molecular flexibility index (Phi) is 7.93. The van der Waals surface area contributed by atoms with Gasteiger partial charge >= 0.3 is 5.97 Å². The molecule has 5 nitrogen and oxygen atoms in total. The molecule has 2 N–H and O–H groups in total. The molecule has 1 saturated heterocycles. The average molecular weight is 494 g/mol. The molecule has 1 aromatic heterocycles. The molecule has 0 atom stereocenters. The minimum atomic E-state index is -0.888. The van der Waals surface area contributed by atoms with Gasteiger partial charge in [0.05, 0.1) is 17.8 Å². The van der Waals surface area contributed by atoms with Crippen LogP contribution in [0.25, 0.3) is 10.8 Å². The van der Waals surface area contributed by atoms with Crippen molar-refractivity contribution in [1.29, 1.82) is 0 Å². The summed E-state index contributed by atoms with van der Waals surface area (Å²) < 4.78 is 2.24. The summed E-state index contributed by atoms with van der Waals surface area (Å²) in [7, 11) is 0. The number of hydrogen-bond acceptors (Lipinski definition) is 4. The van der Waals surface area contributed by atoms with E-state index in [0.717, 1.165) is 48.9 Å². The van der Waals surface area contributed by atoms with Crippen LogP contribution in [0.5, 0.6) is 0 Å². The number of aromatic carboxylic acids is 1. The van der Waals surface area contributed by atoms with Gasteiger partial charge in [-0.25, -0.2) is 9.78 Å². The Labute approximate surface area is 210 Å². The predicted molar refractivity (Wildman–Crippen MR) is 140 cm³/mol. The third-order valence-corrected chi connectivity index (χ3v) is 7.38. The first-order chi connectivity index (χ1) is 16.2. The van der Waals surface area contributed by atoms with Gasteiger partial charge in [0.2, 0.25) is 0 Å². The molecule has 176 valence electrons. The van der Waals surface area contributed by atoms with Gasteiger partial charge in [-0.15, -0.1) is 12.4 Å². The molecule has 3 aromatic carbocycles. The van der Waals surface area contributed by atoms with Crippen LogP contribution in [-0.2, 0) is 12.3 Å². The van der Waals surface area contributed by atoms with Crippen LogP contribution in [0.2, 0.25) is 0 Å². The van der Waals surface area contributed by atoms with E-state index in [0.29, 0.717) is 17.2 Å². The SMILES string of the molecule is Cl.O=C(O)c1ccccc1CSc1nc(C2CCNCC2)cn1Cc1cccc2ccccc12. The van der Waals surface area contributed by atoms with Crippen LogP contribution in [0.4, 0.5) is 0 Å². The van der Waals surface area contributed by atoms with E-state index < -0.39 is 5.97 Å². The fourth-order valence-corrected chi connectivity index (χ4v) is 5.56. The van der Waals surface area contributed by atoms with Gasteiger partial charge in [0, 0.05) is 17.9 Å². The highest BCUT2D eigenvalue weighted by Crippen LogP contribution is 2.31. The number of benzene rings is 3. The van der Waals surface area contributed by atoms with Gasteiger partial charge in [-0.05, 0) is 53.9 Å². The monoisotopic (exact) mass is 493 g/mol. The first kappa shape index (κ1) is 24.3. The van der Waals surface area contributed by atoms with Crippen molar-refractivity contribution in [1.82, 2.24) is 14.9 Å². The van der Waals surface area contributed by atoms with E-state index in [4.69, 9.17) is 4.98 Å². The van der Waals surface area contributed by atoms with Crippen LogP contribution in [0, 0.1) is 0 Å². The second-order valence-electron chi connectivity index (χ2n) is 8.49. The highest BCUT2D eigenvalue weighted by molar-refractivity contribution is 7.98. The number of carboxylic acids is 1. The Hall–Kier alpha value is -2.80. The maximum absolute atomic E-state index is 11.6. The molecule has 0 amide bonds. The van der Waals surface area contributed by atoms with E-state index in [9.17, 15) is 9.90 Å². The minimum Gasteiger partial charge on any atom is -0.478 e. The molecule has 1 fully saturated rings. The van der Waals surface area contributed by atoms with Gasteiger partial charge in [0.25, 0.3) is 0 Å². The quantitative estimate of drug-likeness (QED) is 0.311. The Morgan fingerprint density at radius 1 is 1.00 bits per heavy atom. The van der Waals surface area contributed by atoms with E-state index in [-0.39, 0.29) is 12.4 Å². The van der Waals surface area contributed by atoms with E-state index in [1.807, 2.05) is 12.1 Å². The molecular weight excluding hydrogens is 466 g/mol. The number of nitrogens with one attached hydrogen (secondary N) is 1. The number of thioether (sulfide) groups is 1. The lowest BCUT2D eigenvalue weighted by Crippen LogP contribution is -2.26. The molecule has 4 aromatic rings. The molecule has 1 aliphatic heterocycles. The van der Waals surface area contributed by atoms with Crippen LogP contribution >= 0.6 is 24.2 Å². The van der Waals surface area contributed by atoms with Crippen molar-refractivity contribution < 1.29 is 9.90 Å². The lowest BCUT2D eigenvalue weighted by Gasteiger charge is -2.20. The molecule has 7 heteroatoms.